The van der Waals surface area contributed by atoms with Gasteiger partial charge in [-0.3, -0.25) is 0 Å². The number of aliphatic carboxylic acids is 2. The molecule has 7 heteroatoms. The van der Waals surface area contributed by atoms with Crippen molar-refractivity contribution in [1.29, 1.82) is 0 Å². The molecule has 43 heavy (non-hydrogen) atoms. The van der Waals surface area contributed by atoms with Gasteiger partial charge in [0, 0.05) is 11.9 Å². The fraction of sp³-hybridized carbons (Fsp3) is 0.944. The second-order valence-corrected chi connectivity index (χ2v) is 12.5. The maximum Gasteiger partial charge on any atom is 2.00 e. The Balaban J connectivity index is -0.000000727. The molecule has 0 rings (SSSR count). The largest absolute Gasteiger partial charge is 2.00 e. The summed E-state index contributed by atoms with van der Waals surface area (Å²) in [7, 11) is 0. The Kier molecular flexibility index (Phi) is 43.4. The molecule has 0 aliphatic rings. The summed E-state index contributed by atoms with van der Waals surface area (Å²) in [5.41, 5.74) is 0. The van der Waals surface area contributed by atoms with Crippen molar-refractivity contribution in [3.05, 3.63) is 0 Å². The fourth-order valence-electron chi connectivity index (χ4n) is 5.32. The molecule has 0 amide bonds. The summed E-state index contributed by atoms with van der Waals surface area (Å²) in [6.07, 6.45) is 31.8. The van der Waals surface area contributed by atoms with E-state index in [9.17, 15) is 30.0 Å². The van der Waals surface area contributed by atoms with E-state index in [1.807, 2.05) is 0 Å². The normalized spacial score (nSPS) is 12.2. The van der Waals surface area contributed by atoms with E-state index in [-0.39, 0.29) is 48.1 Å². The molecule has 0 aromatic heterocycles. The average molecular weight is 623 g/mol. The van der Waals surface area contributed by atoms with E-state index in [0.717, 1.165) is 77.0 Å². The van der Waals surface area contributed by atoms with Crippen LogP contribution >= 0.6 is 0 Å². The van der Waals surface area contributed by atoms with Gasteiger partial charge in [0.1, 0.15) is 0 Å². The standard InChI is InChI=1S/2C18H36O3.Mg/c2*1-2-3-4-5-6-7-8-11-14-17(19)15-12-9-10-13-16-18(20)21;/h2*17,19H,2-16H2,1H3,(H,20,21);/q;;+2/p-2. The van der Waals surface area contributed by atoms with Crippen LogP contribution < -0.4 is 10.2 Å². The number of aliphatic hydroxyl groups is 2. The third-order valence-electron chi connectivity index (χ3n) is 8.12. The first-order chi connectivity index (χ1) is 20.3. The van der Waals surface area contributed by atoms with Crippen LogP contribution in [0.25, 0.3) is 0 Å². The average Bonchev–Trinajstić information content (AvgIpc) is 2.95. The van der Waals surface area contributed by atoms with Crippen LogP contribution in [-0.4, -0.2) is 57.4 Å². The van der Waals surface area contributed by atoms with Crippen LogP contribution in [0.2, 0.25) is 0 Å². The topological polar surface area (TPSA) is 121 Å². The van der Waals surface area contributed by atoms with Gasteiger partial charge in [0.15, 0.2) is 0 Å². The molecular formula is C36H70MgO6. The maximum absolute atomic E-state index is 10.2. The van der Waals surface area contributed by atoms with Crippen molar-refractivity contribution in [2.75, 3.05) is 0 Å². The first-order valence-corrected chi connectivity index (χ1v) is 18.1. The minimum absolute atomic E-state index is 0. The second-order valence-electron chi connectivity index (χ2n) is 12.5. The van der Waals surface area contributed by atoms with Crippen LogP contribution in [0.15, 0.2) is 0 Å². The molecule has 0 bridgehead atoms. The van der Waals surface area contributed by atoms with Crippen LogP contribution in [0.5, 0.6) is 0 Å². The summed E-state index contributed by atoms with van der Waals surface area (Å²) in [5, 5.41) is 40.2. The summed E-state index contributed by atoms with van der Waals surface area (Å²) in [6.45, 7) is 4.48. The van der Waals surface area contributed by atoms with Crippen molar-refractivity contribution in [3.63, 3.8) is 0 Å². The Hall–Kier alpha value is -0.374. The molecule has 0 radical (unpaired) electrons. The van der Waals surface area contributed by atoms with Gasteiger partial charge in [-0.05, 0) is 51.4 Å². The third-order valence-corrected chi connectivity index (χ3v) is 8.12. The monoisotopic (exact) mass is 623 g/mol. The summed E-state index contributed by atoms with van der Waals surface area (Å²) in [6, 6.07) is 0. The molecule has 6 nitrogen and oxygen atoms in total. The maximum atomic E-state index is 10.2. The number of hydrogen-bond donors (Lipinski definition) is 2. The zero-order chi connectivity index (χ0) is 31.5. The minimum Gasteiger partial charge on any atom is -0.550 e. The minimum atomic E-state index is -0.954. The molecule has 252 valence electrons. The summed E-state index contributed by atoms with van der Waals surface area (Å²) in [5.74, 6) is -1.91. The van der Waals surface area contributed by atoms with E-state index in [1.54, 1.807) is 0 Å². The molecule has 0 saturated heterocycles. The predicted octanol–water partition coefficient (Wildman–Crippen LogP) is 7.56. The quantitative estimate of drug-likeness (QED) is 0.0590. The van der Waals surface area contributed by atoms with Gasteiger partial charge >= 0.3 is 23.1 Å². The molecule has 0 fully saturated rings. The smallest absolute Gasteiger partial charge is 0.550 e. The molecule has 0 aromatic carbocycles. The van der Waals surface area contributed by atoms with Crippen LogP contribution in [0, 0.1) is 0 Å². The Labute approximate surface area is 282 Å². The number of rotatable bonds is 32. The molecule has 0 aliphatic heterocycles. The van der Waals surface area contributed by atoms with Gasteiger partial charge in [-0.2, -0.15) is 0 Å². The van der Waals surface area contributed by atoms with Crippen molar-refractivity contribution >= 4 is 35.0 Å². The van der Waals surface area contributed by atoms with Gasteiger partial charge in [-0.15, -0.1) is 0 Å². The van der Waals surface area contributed by atoms with E-state index in [1.165, 1.54) is 89.9 Å². The number of aliphatic hydroxyl groups excluding tert-OH is 2. The van der Waals surface area contributed by atoms with Crippen LogP contribution in [0.1, 0.15) is 206 Å². The predicted molar refractivity (Wildman–Crippen MR) is 178 cm³/mol. The van der Waals surface area contributed by atoms with E-state index in [4.69, 9.17) is 0 Å². The molecule has 0 aliphatic carbocycles. The molecule has 2 atom stereocenters. The van der Waals surface area contributed by atoms with Crippen LogP contribution in [-0.2, 0) is 9.59 Å². The molecule has 0 aromatic rings. The summed E-state index contributed by atoms with van der Waals surface area (Å²) < 4.78 is 0. The fourth-order valence-corrected chi connectivity index (χ4v) is 5.32. The molecule has 0 saturated carbocycles. The summed E-state index contributed by atoms with van der Waals surface area (Å²) in [4.78, 5) is 20.5. The molecule has 0 spiro atoms. The van der Waals surface area contributed by atoms with Gasteiger partial charge in [0.2, 0.25) is 0 Å². The molecule has 2 unspecified atom stereocenters. The van der Waals surface area contributed by atoms with E-state index >= 15 is 0 Å². The van der Waals surface area contributed by atoms with Crippen LogP contribution in [0.3, 0.4) is 0 Å². The Morgan fingerprint density at radius 2 is 0.628 bits per heavy atom. The Morgan fingerprint density at radius 3 is 0.860 bits per heavy atom. The van der Waals surface area contributed by atoms with Crippen molar-refractivity contribution in [3.8, 4) is 0 Å². The molecule has 2 N–H and O–H groups in total. The molecular weight excluding hydrogens is 553 g/mol. The van der Waals surface area contributed by atoms with E-state index in [0.29, 0.717) is 12.8 Å². The van der Waals surface area contributed by atoms with Gasteiger partial charge in [0.25, 0.3) is 0 Å². The zero-order valence-corrected chi connectivity index (χ0v) is 30.0. The van der Waals surface area contributed by atoms with Crippen LogP contribution in [0.4, 0.5) is 0 Å². The number of carboxylic acid groups (broad SMARTS) is 2. The van der Waals surface area contributed by atoms with Crippen molar-refractivity contribution in [2.24, 2.45) is 0 Å². The van der Waals surface area contributed by atoms with Crippen molar-refractivity contribution in [1.82, 2.24) is 0 Å². The number of carbonyl (C=O) groups excluding carboxylic acids is 2. The number of hydrogen-bond acceptors (Lipinski definition) is 6. The zero-order valence-electron chi connectivity index (χ0n) is 28.6. The summed E-state index contributed by atoms with van der Waals surface area (Å²) >= 11 is 0. The SMILES string of the molecule is CCCCCCCCCCC(O)CCCCCCC(=O)[O-].CCCCCCCCCCC(O)CCCCCCC(=O)[O-].[Mg+2]. The van der Waals surface area contributed by atoms with Gasteiger partial charge < -0.3 is 30.0 Å². The number of unbranched alkanes of at least 4 members (excludes halogenated alkanes) is 20. The van der Waals surface area contributed by atoms with Gasteiger partial charge in [-0.25, -0.2) is 0 Å². The van der Waals surface area contributed by atoms with Gasteiger partial charge in [0.05, 0.1) is 12.2 Å². The molecule has 0 heterocycles. The Bertz CT molecular complexity index is 512. The first kappa shape index (κ1) is 47.0. The van der Waals surface area contributed by atoms with Crippen molar-refractivity contribution < 1.29 is 30.0 Å². The second kappa shape index (κ2) is 39.7. The number of carbonyl (C=O) groups is 2. The Morgan fingerprint density at radius 1 is 0.419 bits per heavy atom. The first-order valence-electron chi connectivity index (χ1n) is 18.1. The number of carboxylic acids is 2. The van der Waals surface area contributed by atoms with E-state index < -0.39 is 11.9 Å². The van der Waals surface area contributed by atoms with E-state index in [2.05, 4.69) is 13.8 Å². The van der Waals surface area contributed by atoms with Gasteiger partial charge in [-0.1, -0.05) is 155 Å². The van der Waals surface area contributed by atoms with Crippen molar-refractivity contribution in [2.45, 2.75) is 219 Å². The third kappa shape index (κ3) is 46.2.